The number of methoxy groups -OCH3 is 2. The lowest BCUT2D eigenvalue weighted by molar-refractivity contribution is 0.111. The van der Waals surface area contributed by atoms with Crippen molar-refractivity contribution < 1.29 is 14.3 Å². The zero-order chi connectivity index (χ0) is 16.1. The van der Waals surface area contributed by atoms with E-state index in [1.54, 1.807) is 18.9 Å². The second-order valence-corrected chi connectivity index (χ2v) is 5.02. The third-order valence-electron chi connectivity index (χ3n) is 3.22. The number of carbonyl (C=O) groups is 1. The Morgan fingerprint density at radius 1 is 1.32 bits per heavy atom. The van der Waals surface area contributed by atoms with Crippen LogP contribution in [-0.4, -0.2) is 35.5 Å². The minimum atomic E-state index is 0.344. The van der Waals surface area contributed by atoms with E-state index < -0.39 is 0 Å². The number of nitrogens with zero attached hydrogens (tertiary/aromatic N) is 3. The SMILES string of the molecule is C=C(C)Cn1nnc(C=O)c1Cc1ccc(OC)c(OC)c1. The summed E-state index contributed by atoms with van der Waals surface area (Å²) in [6.07, 6.45) is 1.24. The van der Waals surface area contributed by atoms with E-state index >= 15 is 0 Å². The van der Waals surface area contributed by atoms with Gasteiger partial charge in [0.25, 0.3) is 0 Å². The summed E-state index contributed by atoms with van der Waals surface area (Å²) in [4.78, 5) is 11.2. The summed E-state index contributed by atoms with van der Waals surface area (Å²) in [5.41, 5.74) is 3.02. The smallest absolute Gasteiger partial charge is 0.172 e. The van der Waals surface area contributed by atoms with Crippen molar-refractivity contribution in [1.82, 2.24) is 15.0 Å². The Kier molecular flexibility index (Phi) is 4.93. The first kappa shape index (κ1) is 15.8. The molecule has 0 unspecified atom stereocenters. The average molecular weight is 301 g/mol. The van der Waals surface area contributed by atoms with E-state index in [0.717, 1.165) is 23.1 Å². The molecule has 0 spiro atoms. The van der Waals surface area contributed by atoms with Gasteiger partial charge in [-0.2, -0.15) is 0 Å². The highest BCUT2D eigenvalue weighted by Crippen LogP contribution is 2.28. The van der Waals surface area contributed by atoms with Crippen LogP contribution in [0.5, 0.6) is 11.5 Å². The minimum absolute atomic E-state index is 0.344. The maximum Gasteiger partial charge on any atom is 0.172 e. The minimum Gasteiger partial charge on any atom is -0.493 e. The number of hydrogen-bond acceptors (Lipinski definition) is 5. The molecule has 116 valence electrons. The molecule has 0 fully saturated rings. The average Bonchev–Trinajstić information content (AvgIpc) is 2.88. The van der Waals surface area contributed by atoms with Gasteiger partial charge in [-0.1, -0.05) is 23.4 Å². The van der Waals surface area contributed by atoms with E-state index in [1.165, 1.54) is 0 Å². The summed E-state index contributed by atoms with van der Waals surface area (Å²) in [7, 11) is 3.18. The molecule has 0 N–H and O–H groups in total. The van der Waals surface area contributed by atoms with E-state index in [0.29, 0.717) is 30.2 Å². The summed E-state index contributed by atoms with van der Waals surface area (Å²) >= 11 is 0. The van der Waals surface area contributed by atoms with E-state index in [9.17, 15) is 4.79 Å². The van der Waals surface area contributed by atoms with Crippen molar-refractivity contribution in [2.45, 2.75) is 19.9 Å². The van der Waals surface area contributed by atoms with Crippen LogP contribution in [-0.2, 0) is 13.0 Å². The van der Waals surface area contributed by atoms with Gasteiger partial charge in [0.15, 0.2) is 17.8 Å². The van der Waals surface area contributed by atoms with Gasteiger partial charge in [0.1, 0.15) is 5.69 Å². The fourth-order valence-corrected chi connectivity index (χ4v) is 2.19. The highest BCUT2D eigenvalue weighted by Gasteiger charge is 2.14. The highest BCUT2D eigenvalue weighted by atomic mass is 16.5. The summed E-state index contributed by atoms with van der Waals surface area (Å²) in [5.74, 6) is 1.31. The molecular weight excluding hydrogens is 282 g/mol. The molecule has 6 heteroatoms. The Balaban J connectivity index is 2.35. The number of benzene rings is 1. The van der Waals surface area contributed by atoms with Crippen LogP contribution in [0.1, 0.15) is 28.7 Å². The lowest BCUT2D eigenvalue weighted by atomic mass is 10.1. The summed E-state index contributed by atoms with van der Waals surface area (Å²) in [6, 6.07) is 5.64. The molecule has 0 saturated carbocycles. The number of carbonyl (C=O) groups excluding carboxylic acids is 1. The molecule has 0 saturated heterocycles. The van der Waals surface area contributed by atoms with E-state index in [4.69, 9.17) is 9.47 Å². The third-order valence-corrected chi connectivity index (χ3v) is 3.22. The number of aromatic nitrogens is 3. The molecule has 0 radical (unpaired) electrons. The molecule has 0 aliphatic heterocycles. The molecule has 0 amide bonds. The Bertz CT molecular complexity index is 692. The molecule has 0 atom stereocenters. The zero-order valence-corrected chi connectivity index (χ0v) is 13.0. The first-order chi connectivity index (χ1) is 10.6. The zero-order valence-electron chi connectivity index (χ0n) is 13.0. The number of aldehydes is 1. The van der Waals surface area contributed by atoms with Crippen LogP contribution in [0.15, 0.2) is 30.4 Å². The molecule has 0 aliphatic carbocycles. The van der Waals surface area contributed by atoms with Crippen molar-refractivity contribution in [2.75, 3.05) is 14.2 Å². The van der Waals surface area contributed by atoms with Gasteiger partial charge in [-0.15, -0.1) is 5.10 Å². The predicted octanol–water partition coefficient (Wildman–Crippen LogP) is 2.27. The number of rotatable bonds is 7. The van der Waals surface area contributed by atoms with E-state index in [2.05, 4.69) is 16.9 Å². The van der Waals surface area contributed by atoms with E-state index in [1.807, 2.05) is 25.1 Å². The van der Waals surface area contributed by atoms with Crippen molar-refractivity contribution in [3.63, 3.8) is 0 Å². The predicted molar refractivity (Wildman–Crippen MR) is 82.6 cm³/mol. The van der Waals surface area contributed by atoms with Gasteiger partial charge in [-0.05, 0) is 24.6 Å². The van der Waals surface area contributed by atoms with Crippen molar-refractivity contribution >= 4 is 6.29 Å². The normalized spacial score (nSPS) is 10.3. The van der Waals surface area contributed by atoms with Gasteiger partial charge in [0.2, 0.25) is 0 Å². The maximum atomic E-state index is 11.2. The summed E-state index contributed by atoms with van der Waals surface area (Å²) in [6.45, 7) is 6.31. The van der Waals surface area contributed by atoms with Crippen LogP contribution >= 0.6 is 0 Å². The molecule has 2 rings (SSSR count). The molecule has 22 heavy (non-hydrogen) atoms. The Hall–Kier alpha value is -2.63. The van der Waals surface area contributed by atoms with E-state index in [-0.39, 0.29) is 0 Å². The Morgan fingerprint density at radius 3 is 2.64 bits per heavy atom. The van der Waals surface area contributed by atoms with Crippen LogP contribution in [0.4, 0.5) is 0 Å². The molecular formula is C16H19N3O3. The van der Waals surface area contributed by atoms with Crippen LogP contribution < -0.4 is 9.47 Å². The highest BCUT2D eigenvalue weighted by molar-refractivity contribution is 5.73. The molecule has 1 aromatic carbocycles. The van der Waals surface area contributed by atoms with Crippen LogP contribution in [0.25, 0.3) is 0 Å². The first-order valence-electron chi connectivity index (χ1n) is 6.81. The largest absolute Gasteiger partial charge is 0.493 e. The topological polar surface area (TPSA) is 66.2 Å². The van der Waals surface area contributed by atoms with Crippen LogP contribution in [0.2, 0.25) is 0 Å². The second-order valence-electron chi connectivity index (χ2n) is 5.02. The van der Waals surface area contributed by atoms with Crippen molar-refractivity contribution in [3.8, 4) is 11.5 Å². The fourth-order valence-electron chi connectivity index (χ4n) is 2.19. The van der Waals surface area contributed by atoms with Gasteiger partial charge < -0.3 is 9.47 Å². The van der Waals surface area contributed by atoms with Crippen molar-refractivity contribution in [3.05, 3.63) is 47.3 Å². The van der Waals surface area contributed by atoms with Gasteiger partial charge in [-0.25, -0.2) is 4.68 Å². The number of allylic oxidation sites excluding steroid dienone is 1. The lowest BCUT2D eigenvalue weighted by Gasteiger charge is -2.11. The summed E-state index contributed by atoms with van der Waals surface area (Å²) < 4.78 is 12.2. The third kappa shape index (κ3) is 3.33. The van der Waals surface area contributed by atoms with Gasteiger partial charge in [0, 0.05) is 6.42 Å². The molecule has 0 bridgehead atoms. The molecule has 2 aromatic rings. The van der Waals surface area contributed by atoms with Gasteiger partial charge >= 0.3 is 0 Å². The van der Waals surface area contributed by atoms with Crippen molar-refractivity contribution in [2.24, 2.45) is 0 Å². The fraction of sp³-hybridized carbons (Fsp3) is 0.312. The van der Waals surface area contributed by atoms with Crippen LogP contribution in [0.3, 0.4) is 0 Å². The second kappa shape index (κ2) is 6.89. The quantitative estimate of drug-likeness (QED) is 0.580. The van der Waals surface area contributed by atoms with Gasteiger partial charge in [-0.3, -0.25) is 4.79 Å². The first-order valence-corrected chi connectivity index (χ1v) is 6.81. The standard InChI is InChI=1S/C16H19N3O3/c1-11(2)9-19-14(13(10-20)17-18-19)7-12-5-6-15(21-3)16(8-12)22-4/h5-6,8,10H,1,7,9H2,2-4H3. The van der Waals surface area contributed by atoms with Crippen molar-refractivity contribution in [1.29, 1.82) is 0 Å². The molecule has 6 nitrogen and oxygen atoms in total. The van der Waals surface area contributed by atoms with Gasteiger partial charge in [0.05, 0.1) is 26.5 Å². The number of hydrogen-bond donors (Lipinski definition) is 0. The molecule has 1 heterocycles. The lowest BCUT2D eigenvalue weighted by Crippen LogP contribution is -2.08. The maximum absolute atomic E-state index is 11.2. The Labute approximate surface area is 129 Å². The Morgan fingerprint density at radius 2 is 2.05 bits per heavy atom. The monoisotopic (exact) mass is 301 g/mol. The molecule has 1 aromatic heterocycles. The summed E-state index contributed by atoms with van der Waals surface area (Å²) in [5, 5.41) is 7.93. The number of ether oxygens (including phenoxy) is 2. The van der Waals surface area contributed by atoms with Crippen LogP contribution in [0, 0.1) is 0 Å². The molecule has 0 aliphatic rings.